The maximum atomic E-state index is 13.6. The van der Waals surface area contributed by atoms with Gasteiger partial charge in [-0.05, 0) is 42.7 Å². The molecule has 0 atom stereocenters. The van der Waals surface area contributed by atoms with Gasteiger partial charge in [-0.1, -0.05) is 98.0 Å². The smallest absolute Gasteiger partial charge is 0.267 e. The molecule has 0 fully saturated rings. The molecule has 4 heterocycles. The fourth-order valence-electron chi connectivity index (χ4n) is 4.78. The molecule has 0 bridgehead atoms. The number of amides is 1. The Morgan fingerprint density at radius 1 is 1.07 bits per heavy atom. The van der Waals surface area contributed by atoms with Gasteiger partial charge >= 0.3 is 0 Å². The third-order valence-corrected chi connectivity index (χ3v) is 9.44. The van der Waals surface area contributed by atoms with E-state index >= 15 is 0 Å². The molecule has 4 aromatic heterocycles. The number of benzene rings is 1. The topological polar surface area (TPSA) is 118 Å². The predicted molar refractivity (Wildman–Crippen MR) is 170 cm³/mol. The molecule has 0 aliphatic rings. The van der Waals surface area contributed by atoms with Crippen molar-refractivity contribution in [2.24, 2.45) is 0 Å². The summed E-state index contributed by atoms with van der Waals surface area (Å²) in [7, 11) is 0. The number of aromatic nitrogens is 5. The average molecular weight is 622 g/mol. The highest BCUT2D eigenvalue weighted by Gasteiger charge is 2.19. The van der Waals surface area contributed by atoms with Gasteiger partial charge in [0, 0.05) is 23.5 Å². The number of carbonyl (C=O) groups excluding carboxylic acids is 1. The number of nitrogens with zero attached hydrogens (tertiary/aromatic N) is 5. The number of thioether (sulfide) groups is 1. The molecule has 0 radical (unpaired) electrons. The molecule has 2 N–H and O–H groups in total. The lowest BCUT2D eigenvalue weighted by Gasteiger charge is -2.15. The van der Waals surface area contributed by atoms with E-state index < -0.39 is 5.91 Å². The van der Waals surface area contributed by atoms with E-state index in [0.717, 1.165) is 30.4 Å². The van der Waals surface area contributed by atoms with Gasteiger partial charge in [-0.25, -0.2) is 4.98 Å². The third-order valence-electron chi connectivity index (χ3n) is 7.05. The van der Waals surface area contributed by atoms with Crippen LogP contribution in [0.15, 0.2) is 57.8 Å². The lowest BCUT2D eigenvalue weighted by molar-refractivity contribution is 0.102. The maximum absolute atomic E-state index is 13.6. The van der Waals surface area contributed by atoms with Gasteiger partial charge in [0.15, 0.2) is 4.34 Å². The summed E-state index contributed by atoms with van der Waals surface area (Å²) in [6, 6.07) is 12.8. The molecule has 0 unspecified atom stereocenters. The van der Waals surface area contributed by atoms with Crippen molar-refractivity contribution < 1.29 is 4.79 Å². The van der Waals surface area contributed by atoms with Crippen molar-refractivity contribution in [2.45, 2.75) is 69.0 Å². The summed E-state index contributed by atoms with van der Waals surface area (Å²) in [6.45, 7) is 4.57. The van der Waals surface area contributed by atoms with Crippen molar-refractivity contribution in [2.75, 3.05) is 5.32 Å². The Labute approximate surface area is 256 Å². The summed E-state index contributed by atoms with van der Waals surface area (Å²) >= 11 is 8.98. The number of nitrogens with one attached hydrogen (secondary N) is 2. The van der Waals surface area contributed by atoms with Gasteiger partial charge in [0.25, 0.3) is 11.5 Å². The van der Waals surface area contributed by atoms with E-state index in [1.54, 1.807) is 16.8 Å². The molecule has 0 aliphatic carbocycles. The average Bonchev–Trinajstić information content (AvgIpc) is 3.43. The highest BCUT2D eigenvalue weighted by molar-refractivity contribution is 8.00. The first-order valence-electron chi connectivity index (χ1n) is 14.0. The molecule has 1 aromatic carbocycles. The Morgan fingerprint density at radius 3 is 2.67 bits per heavy atom. The van der Waals surface area contributed by atoms with E-state index in [9.17, 15) is 9.59 Å². The molecule has 12 heteroatoms. The summed E-state index contributed by atoms with van der Waals surface area (Å²) in [5.41, 5.74) is 2.61. The quantitative estimate of drug-likeness (QED) is 0.0681. The van der Waals surface area contributed by atoms with Crippen molar-refractivity contribution in [1.82, 2.24) is 24.1 Å². The van der Waals surface area contributed by atoms with Gasteiger partial charge in [0.1, 0.15) is 16.8 Å². The minimum atomic E-state index is -0.522. The molecular formula is C30H32ClN7O2S2. The lowest BCUT2D eigenvalue weighted by Crippen LogP contribution is -2.32. The van der Waals surface area contributed by atoms with Crippen LogP contribution in [0.4, 0.5) is 5.13 Å². The second kappa shape index (κ2) is 13.6. The van der Waals surface area contributed by atoms with Crippen LogP contribution in [0.3, 0.4) is 0 Å². The predicted octanol–water partition coefficient (Wildman–Crippen LogP) is 6.85. The summed E-state index contributed by atoms with van der Waals surface area (Å²) in [6.07, 6.45) is 8.13. The number of pyridine rings is 2. The van der Waals surface area contributed by atoms with E-state index in [1.165, 1.54) is 52.8 Å². The molecular weight excluding hydrogens is 590 g/mol. The van der Waals surface area contributed by atoms with Gasteiger partial charge in [0.05, 0.1) is 10.9 Å². The number of hydrogen-bond donors (Lipinski definition) is 2. The van der Waals surface area contributed by atoms with Crippen LogP contribution in [0.5, 0.6) is 0 Å². The van der Waals surface area contributed by atoms with E-state index in [-0.39, 0.29) is 16.6 Å². The fourth-order valence-corrected chi connectivity index (χ4v) is 6.81. The first-order valence-corrected chi connectivity index (χ1v) is 16.2. The zero-order valence-corrected chi connectivity index (χ0v) is 25.9. The molecule has 0 saturated heterocycles. The van der Waals surface area contributed by atoms with E-state index in [1.807, 2.05) is 37.3 Å². The van der Waals surface area contributed by atoms with Crippen molar-refractivity contribution >= 4 is 62.4 Å². The lowest BCUT2D eigenvalue weighted by atomic mass is 10.1. The van der Waals surface area contributed by atoms with Crippen molar-refractivity contribution in [1.29, 1.82) is 5.41 Å². The van der Waals surface area contributed by atoms with Gasteiger partial charge in [0.2, 0.25) is 5.13 Å². The van der Waals surface area contributed by atoms with Crippen LogP contribution in [0, 0.1) is 12.3 Å². The Kier molecular flexibility index (Phi) is 9.71. The number of halogens is 1. The highest BCUT2D eigenvalue weighted by atomic mass is 35.5. The Balaban J connectivity index is 1.44. The molecule has 0 aliphatic heterocycles. The number of anilines is 1. The number of carbonyl (C=O) groups is 1. The van der Waals surface area contributed by atoms with E-state index in [2.05, 4.69) is 22.4 Å². The van der Waals surface area contributed by atoms with Gasteiger partial charge < -0.3 is 4.57 Å². The van der Waals surface area contributed by atoms with Crippen LogP contribution in [0.2, 0.25) is 5.02 Å². The molecule has 218 valence electrons. The van der Waals surface area contributed by atoms with E-state index in [0.29, 0.717) is 43.5 Å². The minimum absolute atomic E-state index is 0.0104. The zero-order chi connectivity index (χ0) is 29.6. The first kappa shape index (κ1) is 29.9. The number of aryl methyl sites for hydroxylation is 2. The first-order chi connectivity index (χ1) is 20.4. The second-order valence-electron chi connectivity index (χ2n) is 10.1. The zero-order valence-electron chi connectivity index (χ0n) is 23.5. The number of fused-ring (bicyclic) bond motifs is 2. The van der Waals surface area contributed by atoms with Gasteiger partial charge in [-0.2, -0.15) is 0 Å². The molecule has 42 heavy (non-hydrogen) atoms. The van der Waals surface area contributed by atoms with Gasteiger partial charge in [-0.15, -0.1) is 10.2 Å². The molecule has 5 aromatic rings. The standard InChI is InChI=1S/C30H32ClN7O2S2/c1-3-4-5-6-7-10-15-37-24(32)21(17-22-26(37)33-25-19(2)12-11-16-38(25)28(22)40)27(39)34-29-35-36-30(42-29)41-18-20-13-8-9-14-23(20)31/h8-9,11-14,16-17,32H,3-7,10,15,18H2,1-2H3,(H,34,35,39). The molecule has 0 spiro atoms. The van der Waals surface area contributed by atoms with Crippen LogP contribution in [0.1, 0.15) is 66.9 Å². The molecule has 1 amide bonds. The van der Waals surface area contributed by atoms with Crippen LogP contribution in [-0.2, 0) is 12.3 Å². The maximum Gasteiger partial charge on any atom is 0.267 e. The van der Waals surface area contributed by atoms with Gasteiger partial charge in [-0.3, -0.25) is 24.7 Å². The van der Waals surface area contributed by atoms with Crippen LogP contribution in [0.25, 0.3) is 16.7 Å². The highest BCUT2D eigenvalue weighted by Crippen LogP contribution is 2.30. The second-order valence-corrected chi connectivity index (χ2v) is 12.7. The summed E-state index contributed by atoms with van der Waals surface area (Å²) in [5.74, 6) is 0.0956. The Bertz CT molecular complexity index is 1860. The number of rotatable bonds is 12. The van der Waals surface area contributed by atoms with Crippen LogP contribution >= 0.6 is 34.7 Å². The van der Waals surface area contributed by atoms with Crippen LogP contribution in [-0.4, -0.2) is 30.1 Å². The summed E-state index contributed by atoms with van der Waals surface area (Å²) in [5, 5.41) is 21.4. The summed E-state index contributed by atoms with van der Waals surface area (Å²) in [4.78, 5) is 31.9. The third kappa shape index (κ3) is 6.58. The van der Waals surface area contributed by atoms with Crippen molar-refractivity contribution in [3.8, 4) is 0 Å². The number of hydrogen-bond acceptors (Lipinski definition) is 8. The Hall–Kier alpha value is -3.54. The minimum Gasteiger partial charge on any atom is -0.310 e. The largest absolute Gasteiger partial charge is 0.310 e. The SMILES string of the molecule is CCCCCCCCn1c(=N)c(C(=O)Nc2nnc(SCc3ccccc3Cl)s2)cc2c(=O)n3cccc(C)c3nc21. The fraction of sp³-hybridized carbons (Fsp3) is 0.333. The van der Waals surface area contributed by atoms with Crippen molar-refractivity contribution in [3.63, 3.8) is 0 Å². The molecule has 9 nitrogen and oxygen atoms in total. The summed E-state index contributed by atoms with van der Waals surface area (Å²) < 4.78 is 3.87. The monoisotopic (exact) mass is 621 g/mol. The normalized spacial score (nSPS) is 11.4. The van der Waals surface area contributed by atoms with E-state index in [4.69, 9.17) is 22.0 Å². The molecule has 5 rings (SSSR count). The number of unbranched alkanes of at least 4 members (excludes halogenated alkanes) is 5. The molecule has 0 saturated carbocycles. The van der Waals surface area contributed by atoms with Crippen molar-refractivity contribution in [3.05, 3.63) is 86.2 Å². The van der Waals surface area contributed by atoms with Crippen LogP contribution < -0.4 is 16.4 Å². The Morgan fingerprint density at radius 2 is 1.86 bits per heavy atom.